The molecule has 132 valence electrons. The second kappa shape index (κ2) is 8.56. The molecule has 0 saturated carbocycles. The molecule has 1 heterocycles. The molecule has 1 saturated heterocycles. The number of benzene rings is 2. The van der Waals surface area contributed by atoms with Crippen LogP contribution in [0, 0.1) is 6.92 Å². The molecule has 0 spiro atoms. The van der Waals surface area contributed by atoms with Crippen LogP contribution in [0.25, 0.3) is 0 Å². The molecule has 0 aliphatic carbocycles. The smallest absolute Gasteiger partial charge is 0.191 e. The fourth-order valence-corrected chi connectivity index (χ4v) is 3.33. The van der Waals surface area contributed by atoms with Crippen LogP contribution in [-0.4, -0.2) is 38.7 Å². The lowest BCUT2D eigenvalue weighted by atomic mass is 10.1. The van der Waals surface area contributed by atoms with Gasteiger partial charge in [0, 0.05) is 38.4 Å². The average Bonchev–Trinajstić information content (AvgIpc) is 3.10. The minimum absolute atomic E-state index is 0.436. The summed E-state index contributed by atoms with van der Waals surface area (Å²) in [6, 6.07) is 19.7. The van der Waals surface area contributed by atoms with E-state index in [4.69, 9.17) is 0 Å². The van der Waals surface area contributed by atoms with Gasteiger partial charge in [-0.05, 0) is 37.5 Å². The molecule has 2 N–H and O–H groups in total. The van der Waals surface area contributed by atoms with Gasteiger partial charge >= 0.3 is 0 Å². The van der Waals surface area contributed by atoms with Crippen LogP contribution in [0.2, 0.25) is 0 Å². The van der Waals surface area contributed by atoms with Gasteiger partial charge in [-0.1, -0.05) is 48.0 Å². The van der Waals surface area contributed by atoms with Gasteiger partial charge in [0.2, 0.25) is 0 Å². The average molecular weight is 336 g/mol. The van der Waals surface area contributed by atoms with Crippen molar-refractivity contribution < 1.29 is 0 Å². The molecule has 2 aromatic carbocycles. The number of aryl methyl sites for hydroxylation is 1. The second-order valence-corrected chi connectivity index (χ2v) is 6.65. The van der Waals surface area contributed by atoms with Gasteiger partial charge in [0.1, 0.15) is 0 Å². The zero-order chi connectivity index (χ0) is 17.5. The van der Waals surface area contributed by atoms with E-state index in [1.807, 2.05) is 7.05 Å². The Kier molecular flexibility index (Phi) is 5.94. The number of hydrogen-bond donors (Lipinski definition) is 2. The number of rotatable bonds is 5. The Hall–Kier alpha value is -2.49. The third-order valence-corrected chi connectivity index (χ3v) is 4.66. The quantitative estimate of drug-likeness (QED) is 0.651. The van der Waals surface area contributed by atoms with Crippen LogP contribution in [0.5, 0.6) is 0 Å². The summed E-state index contributed by atoms with van der Waals surface area (Å²) >= 11 is 0. The minimum atomic E-state index is 0.436. The highest BCUT2D eigenvalue weighted by molar-refractivity contribution is 5.80. The first kappa shape index (κ1) is 17.3. The molecule has 25 heavy (non-hydrogen) atoms. The van der Waals surface area contributed by atoms with E-state index in [-0.39, 0.29) is 0 Å². The molecular weight excluding hydrogens is 308 g/mol. The van der Waals surface area contributed by atoms with Crippen molar-refractivity contribution in [1.82, 2.24) is 10.6 Å². The third kappa shape index (κ3) is 4.99. The third-order valence-electron chi connectivity index (χ3n) is 4.66. The molecule has 0 radical (unpaired) electrons. The Bertz CT molecular complexity index is 696. The number of hydrogen-bond acceptors (Lipinski definition) is 2. The first-order valence-corrected chi connectivity index (χ1v) is 9.07. The highest BCUT2D eigenvalue weighted by atomic mass is 15.2. The molecule has 1 aliphatic heterocycles. The molecule has 1 unspecified atom stereocenters. The molecule has 2 aromatic rings. The monoisotopic (exact) mass is 336 g/mol. The van der Waals surface area contributed by atoms with Crippen molar-refractivity contribution in [3.05, 3.63) is 65.7 Å². The molecule has 1 fully saturated rings. The van der Waals surface area contributed by atoms with Gasteiger partial charge in [-0.2, -0.15) is 0 Å². The molecule has 0 bridgehead atoms. The normalized spacial score (nSPS) is 17.6. The Labute approximate surface area is 151 Å². The first-order valence-electron chi connectivity index (χ1n) is 9.07. The predicted molar refractivity (Wildman–Crippen MR) is 106 cm³/mol. The van der Waals surface area contributed by atoms with Crippen molar-refractivity contribution >= 4 is 11.6 Å². The molecule has 1 atom stereocenters. The lowest BCUT2D eigenvalue weighted by Gasteiger charge is -2.20. The summed E-state index contributed by atoms with van der Waals surface area (Å²) in [5, 5.41) is 7.00. The number of anilines is 1. The standard InChI is InChI=1S/C21H28N4/c1-17-7-6-8-18(15-17)11-13-23-21(22-2)24-19-12-14-25(16-19)20-9-4-3-5-10-20/h3-10,15,19H,11-14,16H2,1-2H3,(H2,22,23,24). The Balaban J connectivity index is 1.45. The minimum Gasteiger partial charge on any atom is -0.369 e. The SMILES string of the molecule is CN=C(NCCc1cccc(C)c1)NC1CCN(c2ccccc2)C1. The largest absolute Gasteiger partial charge is 0.369 e. The number of para-hydroxylation sites is 1. The van der Waals surface area contributed by atoms with Gasteiger partial charge in [0.25, 0.3) is 0 Å². The van der Waals surface area contributed by atoms with E-state index in [0.29, 0.717) is 6.04 Å². The summed E-state index contributed by atoms with van der Waals surface area (Å²) in [7, 11) is 1.84. The van der Waals surface area contributed by atoms with Gasteiger partial charge in [-0.25, -0.2) is 0 Å². The fraction of sp³-hybridized carbons (Fsp3) is 0.381. The fourth-order valence-electron chi connectivity index (χ4n) is 3.33. The van der Waals surface area contributed by atoms with Gasteiger partial charge < -0.3 is 15.5 Å². The van der Waals surface area contributed by atoms with E-state index in [9.17, 15) is 0 Å². The van der Waals surface area contributed by atoms with Crippen LogP contribution in [0.4, 0.5) is 5.69 Å². The van der Waals surface area contributed by atoms with Crippen molar-refractivity contribution in [2.45, 2.75) is 25.8 Å². The van der Waals surface area contributed by atoms with E-state index >= 15 is 0 Å². The maximum absolute atomic E-state index is 4.37. The van der Waals surface area contributed by atoms with Crippen LogP contribution in [-0.2, 0) is 6.42 Å². The van der Waals surface area contributed by atoms with Crippen molar-refractivity contribution in [2.24, 2.45) is 4.99 Å². The summed E-state index contributed by atoms with van der Waals surface area (Å²) < 4.78 is 0. The van der Waals surface area contributed by atoms with Crippen molar-refractivity contribution in [3.8, 4) is 0 Å². The van der Waals surface area contributed by atoms with Crippen LogP contribution in [0.1, 0.15) is 17.5 Å². The van der Waals surface area contributed by atoms with E-state index in [0.717, 1.165) is 38.4 Å². The van der Waals surface area contributed by atoms with Crippen LogP contribution in [0.3, 0.4) is 0 Å². The molecule has 0 amide bonds. The van der Waals surface area contributed by atoms with E-state index in [1.54, 1.807) is 0 Å². The topological polar surface area (TPSA) is 39.7 Å². The zero-order valence-corrected chi connectivity index (χ0v) is 15.2. The summed E-state index contributed by atoms with van der Waals surface area (Å²) in [5.74, 6) is 0.896. The van der Waals surface area contributed by atoms with E-state index in [2.05, 4.69) is 82.0 Å². The lowest BCUT2D eigenvalue weighted by molar-refractivity contribution is 0.648. The number of nitrogens with one attached hydrogen (secondary N) is 2. The molecular formula is C21H28N4. The van der Waals surface area contributed by atoms with Crippen LogP contribution < -0.4 is 15.5 Å². The highest BCUT2D eigenvalue weighted by Crippen LogP contribution is 2.19. The van der Waals surface area contributed by atoms with E-state index in [1.165, 1.54) is 16.8 Å². The van der Waals surface area contributed by atoms with Crippen LogP contribution >= 0.6 is 0 Å². The number of aliphatic imine (C=N–C) groups is 1. The Morgan fingerprint density at radius 3 is 2.76 bits per heavy atom. The summed E-state index contributed by atoms with van der Waals surface area (Å²) in [6.07, 6.45) is 2.14. The molecule has 3 rings (SSSR count). The zero-order valence-electron chi connectivity index (χ0n) is 15.2. The van der Waals surface area contributed by atoms with E-state index < -0.39 is 0 Å². The molecule has 1 aliphatic rings. The van der Waals surface area contributed by atoms with Gasteiger partial charge in [-0.15, -0.1) is 0 Å². The highest BCUT2D eigenvalue weighted by Gasteiger charge is 2.23. The Morgan fingerprint density at radius 2 is 2.00 bits per heavy atom. The van der Waals surface area contributed by atoms with Gasteiger partial charge in [0.05, 0.1) is 0 Å². The maximum Gasteiger partial charge on any atom is 0.191 e. The number of guanidine groups is 1. The molecule has 4 heteroatoms. The molecule has 0 aromatic heterocycles. The first-order chi connectivity index (χ1) is 12.2. The summed E-state index contributed by atoms with van der Waals surface area (Å²) in [5.41, 5.74) is 3.97. The second-order valence-electron chi connectivity index (χ2n) is 6.65. The lowest BCUT2D eigenvalue weighted by Crippen LogP contribution is -2.45. The number of nitrogens with zero attached hydrogens (tertiary/aromatic N) is 2. The van der Waals surface area contributed by atoms with Crippen molar-refractivity contribution in [2.75, 3.05) is 31.6 Å². The Morgan fingerprint density at radius 1 is 1.16 bits per heavy atom. The van der Waals surface area contributed by atoms with Gasteiger partial charge in [-0.3, -0.25) is 4.99 Å². The summed E-state index contributed by atoms with van der Waals surface area (Å²) in [4.78, 5) is 6.80. The van der Waals surface area contributed by atoms with Crippen LogP contribution in [0.15, 0.2) is 59.6 Å². The van der Waals surface area contributed by atoms with Gasteiger partial charge in [0.15, 0.2) is 5.96 Å². The molecule has 4 nitrogen and oxygen atoms in total. The van der Waals surface area contributed by atoms with Crippen molar-refractivity contribution in [3.63, 3.8) is 0 Å². The summed E-state index contributed by atoms with van der Waals surface area (Å²) in [6.45, 7) is 5.12. The maximum atomic E-state index is 4.37. The predicted octanol–water partition coefficient (Wildman–Crippen LogP) is 2.98. The van der Waals surface area contributed by atoms with Crippen molar-refractivity contribution in [1.29, 1.82) is 0 Å².